The first-order chi connectivity index (χ1) is 13.8. The number of piperazine rings is 1. The van der Waals surface area contributed by atoms with Crippen LogP contribution in [0.4, 0.5) is 5.69 Å². The molecule has 0 N–H and O–H groups in total. The van der Waals surface area contributed by atoms with Crippen LogP contribution in [0.25, 0.3) is 0 Å². The maximum atomic E-state index is 13.1. The van der Waals surface area contributed by atoms with Gasteiger partial charge in [-0.05, 0) is 31.9 Å². The Morgan fingerprint density at radius 2 is 1.93 bits per heavy atom. The van der Waals surface area contributed by atoms with Crippen molar-refractivity contribution < 1.29 is 17.9 Å². The highest BCUT2D eigenvalue weighted by atomic mass is 32.2. The van der Waals surface area contributed by atoms with Gasteiger partial charge in [-0.25, -0.2) is 8.42 Å². The van der Waals surface area contributed by atoms with Crippen molar-refractivity contribution in [2.75, 3.05) is 56.2 Å². The van der Waals surface area contributed by atoms with Gasteiger partial charge in [0.25, 0.3) is 0 Å². The Labute approximate surface area is 174 Å². The summed E-state index contributed by atoms with van der Waals surface area (Å²) in [5.74, 6) is 1.20. The molecule has 0 saturated carbocycles. The number of rotatable bonds is 7. The molecule has 2 aliphatic rings. The molecule has 2 saturated heterocycles. The molecule has 0 bridgehead atoms. The van der Waals surface area contributed by atoms with Crippen molar-refractivity contribution in [1.29, 1.82) is 0 Å². The van der Waals surface area contributed by atoms with Crippen LogP contribution in [0.15, 0.2) is 24.3 Å². The molecule has 0 unspecified atom stereocenters. The molecule has 2 atom stereocenters. The van der Waals surface area contributed by atoms with Gasteiger partial charge in [-0.15, -0.1) is 0 Å². The quantitative estimate of drug-likeness (QED) is 0.664. The summed E-state index contributed by atoms with van der Waals surface area (Å²) in [7, 11) is -1.34. The highest BCUT2D eigenvalue weighted by Crippen LogP contribution is 2.28. The first-order valence-corrected chi connectivity index (χ1v) is 12.3. The second-order valence-corrected chi connectivity index (χ2v) is 10.3. The van der Waals surface area contributed by atoms with Crippen LogP contribution in [0.5, 0.6) is 5.75 Å². The highest BCUT2D eigenvalue weighted by Gasteiger charge is 2.37. The fourth-order valence-electron chi connectivity index (χ4n) is 4.31. The van der Waals surface area contributed by atoms with Gasteiger partial charge in [-0.3, -0.25) is 9.69 Å². The minimum Gasteiger partial charge on any atom is -0.495 e. The van der Waals surface area contributed by atoms with Gasteiger partial charge in [0.2, 0.25) is 5.91 Å². The third-order valence-corrected chi connectivity index (χ3v) is 7.86. The zero-order chi connectivity index (χ0) is 21.0. The number of anilines is 1. The lowest BCUT2D eigenvalue weighted by molar-refractivity contribution is -0.136. The summed E-state index contributed by atoms with van der Waals surface area (Å²) in [5.41, 5.74) is 1.08. The Morgan fingerprint density at radius 1 is 1.24 bits per heavy atom. The number of para-hydroxylation sites is 2. The van der Waals surface area contributed by atoms with Crippen molar-refractivity contribution in [2.45, 2.75) is 38.8 Å². The molecule has 0 aromatic heterocycles. The van der Waals surface area contributed by atoms with Crippen LogP contribution in [-0.4, -0.2) is 87.5 Å². The number of sulfone groups is 1. The maximum absolute atomic E-state index is 13.1. The average molecular weight is 424 g/mol. The number of carbonyl (C=O) groups excluding carboxylic acids is 1. The van der Waals surface area contributed by atoms with Crippen LogP contribution in [0.2, 0.25) is 0 Å². The van der Waals surface area contributed by atoms with Gasteiger partial charge in [0.05, 0.1) is 30.8 Å². The Kier molecular flexibility index (Phi) is 7.05. The number of hydrogen-bond acceptors (Lipinski definition) is 6. The molecule has 3 rings (SSSR count). The van der Waals surface area contributed by atoms with Gasteiger partial charge in [-0.2, -0.15) is 0 Å². The highest BCUT2D eigenvalue weighted by molar-refractivity contribution is 7.91. The van der Waals surface area contributed by atoms with E-state index in [-0.39, 0.29) is 29.5 Å². The first-order valence-electron chi connectivity index (χ1n) is 10.5. The average Bonchev–Trinajstić information content (AvgIpc) is 3.07. The monoisotopic (exact) mass is 423 g/mol. The minimum atomic E-state index is -3.02. The van der Waals surface area contributed by atoms with Gasteiger partial charge >= 0.3 is 0 Å². The topological polar surface area (TPSA) is 70.2 Å². The molecule has 0 aliphatic carbocycles. The maximum Gasteiger partial charge on any atom is 0.237 e. The largest absolute Gasteiger partial charge is 0.495 e. The lowest BCUT2D eigenvalue weighted by Crippen LogP contribution is -2.53. The van der Waals surface area contributed by atoms with E-state index in [1.165, 1.54) is 0 Å². The van der Waals surface area contributed by atoms with E-state index in [4.69, 9.17) is 4.74 Å². The third kappa shape index (κ3) is 5.22. The number of methoxy groups -OCH3 is 1. The van der Waals surface area contributed by atoms with Crippen molar-refractivity contribution >= 4 is 21.4 Å². The van der Waals surface area contributed by atoms with Crippen molar-refractivity contribution in [3.63, 3.8) is 0 Å². The molecule has 2 heterocycles. The van der Waals surface area contributed by atoms with E-state index >= 15 is 0 Å². The van der Waals surface area contributed by atoms with Gasteiger partial charge in [0, 0.05) is 38.3 Å². The SMILES string of the molecule is CC[C@H](C)N(C(=O)CN1CCN(c2ccccc2OC)CC1)[C@@H]1CCS(=O)(=O)C1. The van der Waals surface area contributed by atoms with Crippen molar-refractivity contribution in [2.24, 2.45) is 0 Å². The Hall–Kier alpha value is -1.80. The predicted molar refractivity (Wildman–Crippen MR) is 115 cm³/mol. The van der Waals surface area contributed by atoms with E-state index < -0.39 is 9.84 Å². The summed E-state index contributed by atoms with van der Waals surface area (Å²) >= 11 is 0. The van der Waals surface area contributed by atoms with E-state index in [0.29, 0.717) is 13.0 Å². The number of carbonyl (C=O) groups is 1. The molecule has 1 amide bonds. The third-order valence-electron chi connectivity index (χ3n) is 6.11. The molecule has 1 aromatic carbocycles. The van der Waals surface area contributed by atoms with Crippen LogP contribution in [0.3, 0.4) is 0 Å². The summed E-state index contributed by atoms with van der Waals surface area (Å²) in [6.07, 6.45) is 1.38. The van der Waals surface area contributed by atoms with E-state index in [1.807, 2.05) is 36.9 Å². The van der Waals surface area contributed by atoms with Gasteiger partial charge in [-0.1, -0.05) is 19.1 Å². The summed E-state index contributed by atoms with van der Waals surface area (Å²) < 4.78 is 29.3. The van der Waals surface area contributed by atoms with E-state index in [2.05, 4.69) is 15.9 Å². The number of ether oxygens (including phenoxy) is 1. The predicted octanol–water partition coefficient (Wildman–Crippen LogP) is 1.63. The smallest absolute Gasteiger partial charge is 0.237 e. The second kappa shape index (κ2) is 9.34. The molecule has 0 radical (unpaired) electrons. The zero-order valence-corrected chi connectivity index (χ0v) is 18.5. The normalized spacial score (nSPS) is 23.0. The molecule has 2 aliphatic heterocycles. The van der Waals surface area contributed by atoms with Crippen LogP contribution < -0.4 is 9.64 Å². The molecule has 0 spiro atoms. The van der Waals surface area contributed by atoms with Crippen molar-refractivity contribution in [3.05, 3.63) is 24.3 Å². The number of nitrogens with zero attached hydrogens (tertiary/aromatic N) is 3. The summed E-state index contributed by atoms with van der Waals surface area (Å²) in [5, 5.41) is 0. The van der Waals surface area contributed by atoms with Crippen LogP contribution in [-0.2, 0) is 14.6 Å². The Bertz CT molecular complexity index is 806. The lowest BCUT2D eigenvalue weighted by atomic mass is 10.1. The Balaban J connectivity index is 1.60. The van der Waals surface area contributed by atoms with Gasteiger partial charge in [0.15, 0.2) is 9.84 Å². The molecule has 8 heteroatoms. The zero-order valence-electron chi connectivity index (χ0n) is 17.7. The Morgan fingerprint density at radius 3 is 2.52 bits per heavy atom. The number of benzene rings is 1. The molecular weight excluding hydrogens is 390 g/mol. The van der Waals surface area contributed by atoms with Crippen LogP contribution >= 0.6 is 0 Å². The summed E-state index contributed by atoms with van der Waals surface area (Å²) in [6.45, 7) is 7.65. The molecule has 29 heavy (non-hydrogen) atoms. The first kappa shape index (κ1) is 21.9. The standard InChI is InChI=1S/C21H33N3O4S/c1-4-17(2)24(18-9-14-29(26,27)16-18)21(25)15-22-10-12-23(13-11-22)19-7-5-6-8-20(19)28-3/h5-8,17-18H,4,9-16H2,1-3H3/t17-,18+/m0/s1. The van der Waals surface area contributed by atoms with Crippen molar-refractivity contribution in [1.82, 2.24) is 9.80 Å². The summed E-state index contributed by atoms with van der Waals surface area (Å²) in [6, 6.07) is 7.86. The van der Waals surface area contributed by atoms with Crippen LogP contribution in [0.1, 0.15) is 26.7 Å². The molecule has 2 fully saturated rings. The van der Waals surface area contributed by atoms with E-state index in [1.54, 1.807) is 7.11 Å². The van der Waals surface area contributed by atoms with Gasteiger partial charge in [0.1, 0.15) is 5.75 Å². The minimum absolute atomic E-state index is 0.0483. The van der Waals surface area contributed by atoms with E-state index in [9.17, 15) is 13.2 Å². The van der Waals surface area contributed by atoms with Gasteiger partial charge < -0.3 is 14.5 Å². The molecule has 162 valence electrons. The fraction of sp³-hybridized carbons (Fsp3) is 0.667. The molecular formula is C21H33N3O4S. The fourth-order valence-corrected chi connectivity index (χ4v) is 6.02. The molecule has 1 aromatic rings. The lowest BCUT2D eigenvalue weighted by Gasteiger charge is -2.39. The molecule has 7 nitrogen and oxygen atoms in total. The van der Waals surface area contributed by atoms with Crippen LogP contribution in [0, 0.1) is 0 Å². The van der Waals surface area contributed by atoms with Crippen molar-refractivity contribution in [3.8, 4) is 5.75 Å². The number of amides is 1. The second-order valence-electron chi connectivity index (χ2n) is 8.05. The van der Waals surface area contributed by atoms with E-state index in [0.717, 1.165) is 44.0 Å². The number of hydrogen-bond donors (Lipinski definition) is 0. The summed E-state index contributed by atoms with van der Waals surface area (Å²) in [4.78, 5) is 19.4.